The topological polar surface area (TPSA) is 91.3 Å². The third-order valence-electron chi connectivity index (χ3n) is 11.9. The van der Waals surface area contributed by atoms with E-state index >= 15 is 0 Å². The fourth-order valence-corrected chi connectivity index (χ4v) is 8.59. The number of phosphoric acid groups is 1. The number of carbonyl (C=O) groups excluding carboxylic acids is 1. The summed E-state index contributed by atoms with van der Waals surface area (Å²) in [6, 6.07) is 0. The predicted octanol–water partition coefficient (Wildman–Crippen LogP) is 16.0. The van der Waals surface area contributed by atoms with Crippen LogP contribution in [0.5, 0.6) is 0 Å². The first-order valence-corrected chi connectivity index (χ1v) is 27.8. The minimum atomic E-state index is -4.27. The zero-order valence-corrected chi connectivity index (χ0v) is 41.9. The van der Waals surface area contributed by atoms with Gasteiger partial charge < -0.3 is 18.9 Å². The summed E-state index contributed by atoms with van der Waals surface area (Å²) in [5.74, 6) is -0.306. The number of phosphoric ester groups is 1. The van der Waals surface area contributed by atoms with E-state index in [-0.39, 0.29) is 25.8 Å². The quantitative estimate of drug-likeness (QED) is 0.0282. The van der Waals surface area contributed by atoms with E-state index in [0.29, 0.717) is 24.1 Å². The molecule has 1 N–H and O–H groups in total. The van der Waals surface area contributed by atoms with Crippen LogP contribution in [0.15, 0.2) is 0 Å². The van der Waals surface area contributed by atoms with Crippen molar-refractivity contribution >= 4 is 13.8 Å². The van der Waals surface area contributed by atoms with Gasteiger partial charge in [0.15, 0.2) is 0 Å². The summed E-state index contributed by atoms with van der Waals surface area (Å²) < 4.78 is 35.1. The van der Waals surface area contributed by atoms with Crippen LogP contribution in [0, 0.1) is 0 Å². The summed E-state index contributed by atoms with van der Waals surface area (Å²) in [5.41, 5.74) is 0. The number of likely N-dealkylation sites (N-methyl/N-ethyl adjacent to an activating group) is 1. The number of hydrogen-bond acceptors (Lipinski definition) is 6. The number of unbranched alkanes of at least 4 members (excludes halogenated alkanes) is 36. The molecular formula is C51H105NO7P+. The van der Waals surface area contributed by atoms with Crippen LogP contribution in [0.2, 0.25) is 0 Å². The van der Waals surface area contributed by atoms with E-state index in [4.69, 9.17) is 18.5 Å². The third-order valence-corrected chi connectivity index (χ3v) is 12.9. The number of ether oxygens (including phenoxy) is 2. The Kier molecular flexibility index (Phi) is 44.7. The van der Waals surface area contributed by atoms with Gasteiger partial charge in [-0.3, -0.25) is 13.8 Å². The first-order valence-electron chi connectivity index (χ1n) is 26.3. The number of esters is 1. The molecule has 9 heteroatoms. The van der Waals surface area contributed by atoms with Gasteiger partial charge in [-0.05, 0) is 12.8 Å². The van der Waals surface area contributed by atoms with E-state index in [1.165, 1.54) is 212 Å². The van der Waals surface area contributed by atoms with Crippen molar-refractivity contribution < 1.29 is 37.3 Å². The normalized spacial score (nSPS) is 13.5. The number of nitrogens with zero attached hydrogens (tertiary/aromatic N) is 1. The maximum absolute atomic E-state index is 12.7. The van der Waals surface area contributed by atoms with Crippen LogP contribution in [-0.2, 0) is 27.9 Å². The van der Waals surface area contributed by atoms with Gasteiger partial charge in [0.25, 0.3) is 0 Å². The van der Waals surface area contributed by atoms with Gasteiger partial charge in [-0.2, -0.15) is 0 Å². The van der Waals surface area contributed by atoms with Gasteiger partial charge in [0.2, 0.25) is 0 Å². The average Bonchev–Trinajstić information content (AvgIpc) is 3.20. The van der Waals surface area contributed by atoms with Crippen LogP contribution in [0.3, 0.4) is 0 Å². The van der Waals surface area contributed by atoms with Crippen molar-refractivity contribution in [3.63, 3.8) is 0 Å². The molecule has 0 radical (unpaired) electrons. The molecule has 0 aromatic carbocycles. The highest BCUT2D eigenvalue weighted by molar-refractivity contribution is 7.47. The van der Waals surface area contributed by atoms with E-state index in [9.17, 15) is 14.3 Å². The van der Waals surface area contributed by atoms with E-state index in [2.05, 4.69) is 13.8 Å². The highest BCUT2D eigenvalue weighted by atomic mass is 31.2. The van der Waals surface area contributed by atoms with Gasteiger partial charge in [-0.25, -0.2) is 4.57 Å². The van der Waals surface area contributed by atoms with Crippen LogP contribution in [0.1, 0.15) is 264 Å². The molecule has 360 valence electrons. The molecule has 2 unspecified atom stereocenters. The molecule has 0 fully saturated rings. The number of quaternary nitrogens is 1. The lowest BCUT2D eigenvalue weighted by atomic mass is 10.0. The van der Waals surface area contributed by atoms with Crippen molar-refractivity contribution in [2.75, 3.05) is 54.1 Å². The lowest BCUT2D eigenvalue weighted by molar-refractivity contribution is -0.870. The summed E-state index contributed by atoms with van der Waals surface area (Å²) >= 11 is 0. The van der Waals surface area contributed by atoms with Crippen molar-refractivity contribution in [2.24, 2.45) is 0 Å². The number of hydrogen-bond donors (Lipinski definition) is 1. The van der Waals surface area contributed by atoms with E-state index in [1.54, 1.807) is 0 Å². The number of rotatable bonds is 50. The minimum Gasteiger partial charge on any atom is -0.457 e. The maximum atomic E-state index is 12.7. The first-order chi connectivity index (χ1) is 29.1. The molecule has 0 heterocycles. The molecule has 0 aliphatic heterocycles. The zero-order valence-electron chi connectivity index (χ0n) is 41.0. The van der Waals surface area contributed by atoms with Crippen molar-refractivity contribution in [3.05, 3.63) is 0 Å². The van der Waals surface area contributed by atoms with Crippen LogP contribution in [0.25, 0.3) is 0 Å². The lowest BCUT2D eigenvalue weighted by Crippen LogP contribution is -2.37. The molecule has 0 aliphatic carbocycles. The Labute approximate surface area is 374 Å². The highest BCUT2D eigenvalue weighted by Gasteiger charge is 2.26. The lowest BCUT2D eigenvalue weighted by Gasteiger charge is -2.24. The predicted molar refractivity (Wildman–Crippen MR) is 257 cm³/mol. The van der Waals surface area contributed by atoms with Gasteiger partial charge in [0, 0.05) is 13.0 Å². The molecule has 0 aromatic heterocycles. The van der Waals surface area contributed by atoms with Crippen molar-refractivity contribution in [3.8, 4) is 0 Å². The van der Waals surface area contributed by atoms with Gasteiger partial charge >= 0.3 is 13.8 Å². The van der Waals surface area contributed by atoms with Crippen molar-refractivity contribution in [1.82, 2.24) is 0 Å². The van der Waals surface area contributed by atoms with Gasteiger partial charge in [0.05, 0.1) is 34.4 Å². The van der Waals surface area contributed by atoms with Crippen LogP contribution < -0.4 is 0 Å². The molecule has 0 spiro atoms. The Hall–Kier alpha value is -0.500. The minimum absolute atomic E-state index is 0.0941. The molecule has 8 nitrogen and oxygen atoms in total. The molecular weight excluding hydrogens is 770 g/mol. The first kappa shape index (κ1) is 59.5. The Morgan fingerprint density at radius 2 is 0.767 bits per heavy atom. The maximum Gasteiger partial charge on any atom is 0.472 e. The van der Waals surface area contributed by atoms with E-state index in [1.807, 2.05) is 21.1 Å². The van der Waals surface area contributed by atoms with E-state index < -0.39 is 13.9 Å². The molecule has 0 amide bonds. The van der Waals surface area contributed by atoms with Crippen LogP contribution >= 0.6 is 7.82 Å². The van der Waals surface area contributed by atoms with Gasteiger partial charge in [-0.15, -0.1) is 0 Å². The third kappa shape index (κ3) is 48.5. The fourth-order valence-electron chi connectivity index (χ4n) is 7.85. The molecule has 0 aromatic rings. The number of carbonyl (C=O) groups is 1. The summed E-state index contributed by atoms with van der Waals surface area (Å²) in [6.45, 7) is 5.70. The molecule has 0 saturated carbocycles. The zero-order chi connectivity index (χ0) is 44.1. The monoisotopic (exact) mass is 875 g/mol. The summed E-state index contributed by atoms with van der Waals surface area (Å²) in [7, 11) is 1.69. The second kappa shape index (κ2) is 45.1. The Balaban J connectivity index is 3.98. The summed E-state index contributed by atoms with van der Waals surface area (Å²) in [6.07, 6.45) is 50.1. The van der Waals surface area contributed by atoms with E-state index in [0.717, 1.165) is 32.1 Å². The molecule has 0 bridgehead atoms. The Bertz CT molecular complexity index is 930. The molecule has 0 saturated heterocycles. The molecule has 2 atom stereocenters. The largest absolute Gasteiger partial charge is 0.472 e. The molecule has 0 aliphatic rings. The fraction of sp³-hybridized carbons (Fsp3) is 0.980. The van der Waals surface area contributed by atoms with Crippen LogP contribution in [-0.4, -0.2) is 75.6 Å². The SMILES string of the molecule is CCCCCCCCCCCCCCCCCCCCCCCCCCCOCC(COP(=O)(O)OCC[N+](C)(C)C)OC(=O)CCCCCCCCCCCCCCC. The molecule has 0 rings (SSSR count). The summed E-state index contributed by atoms with van der Waals surface area (Å²) in [5, 5.41) is 0. The average molecular weight is 875 g/mol. The Morgan fingerprint density at radius 3 is 1.10 bits per heavy atom. The Morgan fingerprint density at radius 1 is 0.450 bits per heavy atom. The second-order valence-corrected chi connectivity index (χ2v) is 20.7. The second-order valence-electron chi connectivity index (χ2n) is 19.3. The summed E-state index contributed by atoms with van der Waals surface area (Å²) in [4.78, 5) is 22.9. The smallest absolute Gasteiger partial charge is 0.457 e. The van der Waals surface area contributed by atoms with Crippen LogP contribution in [0.4, 0.5) is 0 Å². The van der Waals surface area contributed by atoms with Crippen molar-refractivity contribution in [2.45, 2.75) is 270 Å². The highest BCUT2D eigenvalue weighted by Crippen LogP contribution is 2.43. The van der Waals surface area contributed by atoms with Gasteiger partial charge in [0.1, 0.15) is 19.3 Å². The van der Waals surface area contributed by atoms with Gasteiger partial charge in [-0.1, -0.05) is 245 Å². The molecule has 60 heavy (non-hydrogen) atoms. The standard InChI is InChI=1S/C51H104NO7P/c1-6-8-10-12-14-16-18-20-21-22-23-24-25-26-27-28-29-30-31-33-35-37-39-41-43-46-56-48-50(49-58-60(54,55)57-47-45-52(3,4)5)59-51(53)44-42-40-38-36-34-32-19-17-15-13-11-9-7-2/h50H,6-49H2,1-5H3/p+1. The van der Waals surface area contributed by atoms with Crippen molar-refractivity contribution in [1.29, 1.82) is 0 Å².